The maximum Gasteiger partial charge on any atom is 0.470 e. The number of halogens is 3. The first kappa shape index (κ1) is 15.4. The van der Waals surface area contributed by atoms with E-state index in [1.165, 1.54) is 6.20 Å². The molecule has 0 N–H and O–H groups in total. The molecule has 1 saturated heterocycles. The molecule has 1 aliphatic rings. The molecule has 3 heterocycles. The number of likely N-dealkylation sites (tertiary alicyclic amines) is 1. The lowest BCUT2D eigenvalue weighted by molar-refractivity contribution is -0.157. The van der Waals surface area contributed by atoms with Crippen LogP contribution in [0.3, 0.4) is 0 Å². The number of alkyl halides is 3. The van der Waals surface area contributed by atoms with Crippen LogP contribution in [0.5, 0.6) is 0 Å². The van der Waals surface area contributed by atoms with Gasteiger partial charge >= 0.3 is 12.1 Å². The summed E-state index contributed by atoms with van der Waals surface area (Å²) in [5, 5.41) is 6.52. The van der Waals surface area contributed by atoms with Crippen LogP contribution in [0.2, 0.25) is 0 Å². The van der Waals surface area contributed by atoms with E-state index in [0.717, 1.165) is 0 Å². The monoisotopic (exact) mass is 326 g/mol. The largest absolute Gasteiger partial charge is 0.470 e. The van der Waals surface area contributed by atoms with Crippen LogP contribution < -0.4 is 0 Å². The lowest BCUT2D eigenvalue weighted by atomic mass is 9.98. The topological polar surface area (TPSA) is 72.1 Å². The minimum atomic E-state index is -4.66. The molecule has 2 aromatic heterocycles. The van der Waals surface area contributed by atoms with Crippen LogP contribution in [0.15, 0.2) is 28.8 Å². The SMILES string of the molecule is O=C(c1ccccn1)N1CCCC(c2nnc(C(F)(F)F)o2)C1. The van der Waals surface area contributed by atoms with Crippen LogP contribution in [0.4, 0.5) is 13.2 Å². The van der Waals surface area contributed by atoms with Gasteiger partial charge in [-0.1, -0.05) is 6.07 Å². The number of amides is 1. The van der Waals surface area contributed by atoms with Gasteiger partial charge in [-0.3, -0.25) is 9.78 Å². The molecule has 0 spiro atoms. The van der Waals surface area contributed by atoms with Crippen molar-refractivity contribution in [3.8, 4) is 0 Å². The summed E-state index contributed by atoms with van der Waals surface area (Å²) in [4.78, 5) is 17.9. The van der Waals surface area contributed by atoms with Crippen molar-refractivity contribution in [2.75, 3.05) is 13.1 Å². The molecule has 122 valence electrons. The van der Waals surface area contributed by atoms with Crippen molar-refractivity contribution in [1.82, 2.24) is 20.1 Å². The molecule has 1 fully saturated rings. The van der Waals surface area contributed by atoms with E-state index < -0.39 is 18.0 Å². The second-order valence-corrected chi connectivity index (χ2v) is 5.25. The summed E-state index contributed by atoms with van der Waals surface area (Å²) in [5.74, 6) is -2.11. The highest BCUT2D eigenvalue weighted by atomic mass is 19.4. The average molecular weight is 326 g/mol. The van der Waals surface area contributed by atoms with E-state index in [4.69, 9.17) is 4.42 Å². The van der Waals surface area contributed by atoms with Crippen LogP contribution in [-0.4, -0.2) is 39.1 Å². The van der Waals surface area contributed by atoms with Gasteiger partial charge in [0.2, 0.25) is 5.89 Å². The van der Waals surface area contributed by atoms with Crippen molar-refractivity contribution >= 4 is 5.91 Å². The molecule has 23 heavy (non-hydrogen) atoms. The summed E-state index contributed by atoms with van der Waals surface area (Å²) in [6.45, 7) is 0.751. The third kappa shape index (κ3) is 3.33. The fourth-order valence-corrected chi connectivity index (χ4v) is 2.53. The maximum atomic E-state index is 12.5. The number of hydrogen-bond acceptors (Lipinski definition) is 5. The Morgan fingerprint density at radius 1 is 1.30 bits per heavy atom. The van der Waals surface area contributed by atoms with Gasteiger partial charge in [0.25, 0.3) is 5.91 Å². The number of aromatic nitrogens is 3. The minimum absolute atomic E-state index is 0.0872. The van der Waals surface area contributed by atoms with Crippen LogP contribution in [0.1, 0.15) is 41.0 Å². The van der Waals surface area contributed by atoms with Crippen LogP contribution in [0, 0.1) is 0 Å². The zero-order chi connectivity index (χ0) is 16.4. The number of carbonyl (C=O) groups is 1. The van der Waals surface area contributed by atoms with Crippen LogP contribution in [-0.2, 0) is 6.18 Å². The van der Waals surface area contributed by atoms with E-state index in [1.807, 2.05) is 0 Å². The first-order valence-corrected chi connectivity index (χ1v) is 7.06. The van der Waals surface area contributed by atoms with Gasteiger partial charge in [-0.25, -0.2) is 0 Å². The fourth-order valence-electron chi connectivity index (χ4n) is 2.53. The highest BCUT2D eigenvalue weighted by molar-refractivity contribution is 5.92. The van der Waals surface area contributed by atoms with Gasteiger partial charge in [-0.05, 0) is 25.0 Å². The molecule has 0 aliphatic carbocycles. The number of pyridine rings is 1. The van der Waals surface area contributed by atoms with Gasteiger partial charge in [0, 0.05) is 19.3 Å². The summed E-state index contributed by atoms with van der Waals surface area (Å²) in [6, 6.07) is 5.00. The average Bonchev–Trinajstić information content (AvgIpc) is 3.05. The number of carbonyl (C=O) groups excluding carboxylic acids is 1. The summed E-state index contributed by atoms with van der Waals surface area (Å²) >= 11 is 0. The highest BCUT2D eigenvalue weighted by Gasteiger charge is 2.39. The summed E-state index contributed by atoms with van der Waals surface area (Å²) in [6.07, 6.45) is -1.91. The molecule has 1 aliphatic heterocycles. The normalized spacial score (nSPS) is 18.9. The fraction of sp³-hybridized carbons (Fsp3) is 0.429. The first-order chi connectivity index (χ1) is 10.9. The van der Waals surface area contributed by atoms with Crippen LogP contribution >= 0.6 is 0 Å². The second kappa shape index (κ2) is 5.98. The number of hydrogen-bond donors (Lipinski definition) is 0. The summed E-state index contributed by atoms with van der Waals surface area (Å²) in [5.41, 5.74) is 0.301. The Labute approximate surface area is 129 Å². The van der Waals surface area contributed by atoms with Gasteiger partial charge in [-0.2, -0.15) is 13.2 Å². The molecule has 6 nitrogen and oxygen atoms in total. The number of nitrogens with zero attached hydrogens (tertiary/aromatic N) is 4. The Bertz CT molecular complexity index is 687. The van der Waals surface area contributed by atoms with Crippen molar-refractivity contribution in [2.24, 2.45) is 0 Å². The molecular weight excluding hydrogens is 313 g/mol. The van der Waals surface area contributed by atoms with Crippen LogP contribution in [0.25, 0.3) is 0 Å². The van der Waals surface area contributed by atoms with E-state index in [0.29, 0.717) is 25.1 Å². The zero-order valence-corrected chi connectivity index (χ0v) is 12.0. The predicted molar refractivity (Wildman–Crippen MR) is 71.4 cm³/mol. The Kier molecular flexibility index (Phi) is 4.01. The molecule has 0 saturated carbocycles. The smallest absolute Gasteiger partial charge is 0.417 e. The van der Waals surface area contributed by atoms with E-state index in [2.05, 4.69) is 15.2 Å². The summed E-state index contributed by atoms with van der Waals surface area (Å²) < 4.78 is 42.3. The van der Waals surface area contributed by atoms with E-state index in [1.54, 1.807) is 23.1 Å². The lowest BCUT2D eigenvalue weighted by Gasteiger charge is -2.30. The van der Waals surface area contributed by atoms with Gasteiger partial charge < -0.3 is 9.32 Å². The highest BCUT2D eigenvalue weighted by Crippen LogP contribution is 2.32. The van der Waals surface area contributed by atoms with Crippen molar-refractivity contribution in [1.29, 1.82) is 0 Å². The quantitative estimate of drug-likeness (QED) is 0.848. The zero-order valence-electron chi connectivity index (χ0n) is 12.0. The Hall–Kier alpha value is -2.45. The second-order valence-electron chi connectivity index (χ2n) is 5.25. The van der Waals surface area contributed by atoms with Crippen molar-refractivity contribution in [3.63, 3.8) is 0 Å². The standard InChI is InChI=1S/C14H13F3N4O2/c15-14(16,17)13-20-19-11(23-13)9-4-3-7-21(8-9)12(22)10-5-1-2-6-18-10/h1-2,5-6,9H,3-4,7-8H2. The first-order valence-electron chi connectivity index (χ1n) is 7.06. The Balaban J connectivity index is 1.73. The Morgan fingerprint density at radius 3 is 2.78 bits per heavy atom. The summed E-state index contributed by atoms with van der Waals surface area (Å²) in [7, 11) is 0. The number of piperidine rings is 1. The Morgan fingerprint density at radius 2 is 2.13 bits per heavy atom. The third-order valence-electron chi connectivity index (χ3n) is 3.62. The molecule has 0 aromatic carbocycles. The molecule has 9 heteroatoms. The van der Waals surface area contributed by atoms with Crippen molar-refractivity contribution in [2.45, 2.75) is 24.9 Å². The number of rotatable bonds is 2. The molecule has 3 rings (SSSR count). The van der Waals surface area contributed by atoms with Crippen molar-refractivity contribution < 1.29 is 22.4 Å². The molecule has 0 radical (unpaired) electrons. The van der Waals surface area contributed by atoms with E-state index >= 15 is 0 Å². The van der Waals surface area contributed by atoms with E-state index in [-0.39, 0.29) is 18.3 Å². The molecule has 0 bridgehead atoms. The molecule has 2 aromatic rings. The van der Waals surface area contributed by atoms with Gasteiger partial charge in [0.1, 0.15) is 5.69 Å². The molecular formula is C14H13F3N4O2. The molecule has 1 atom stereocenters. The minimum Gasteiger partial charge on any atom is -0.417 e. The van der Waals surface area contributed by atoms with Crippen molar-refractivity contribution in [3.05, 3.63) is 41.9 Å². The maximum absolute atomic E-state index is 12.5. The van der Waals surface area contributed by atoms with Gasteiger partial charge in [-0.15, -0.1) is 10.2 Å². The third-order valence-corrected chi connectivity index (χ3v) is 3.62. The van der Waals surface area contributed by atoms with E-state index in [9.17, 15) is 18.0 Å². The molecule has 1 amide bonds. The molecule has 1 unspecified atom stereocenters. The van der Waals surface area contributed by atoms with Gasteiger partial charge in [0.15, 0.2) is 0 Å². The van der Waals surface area contributed by atoms with Gasteiger partial charge in [0.05, 0.1) is 5.92 Å². The lowest BCUT2D eigenvalue weighted by Crippen LogP contribution is -2.39. The predicted octanol–water partition coefficient (Wildman–Crippen LogP) is 2.50.